The van der Waals surface area contributed by atoms with Crippen molar-refractivity contribution in [3.8, 4) is 0 Å². The van der Waals surface area contributed by atoms with Crippen molar-refractivity contribution >= 4 is 28.9 Å². The average molecular weight is 377 g/mol. The summed E-state index contributed by atoms with van der Waals surface area (Å²) < 4.78 is 0. The molecular formula is C22H21ClN4. The van der Waals surface area contributed by atoms with Gasteiger partial charge in [-0.1, -0.05) is 35.9 Å². The number of rotatable bonds is 4. The molecule has 0 unspecified atom stereocenters. The van der Waals surface area contributed by atoms with E-state index in [9.17, 15) is 0 Å². The Hall–Kier alpha value is -2.59. The molecule has 0 atom stereocenters. The molecule has 0 bridgehead atoms. The first-order valence-electron chi connectivity index (χ1n) is 9.48. The number of nitrogens with zero attached hydrogens (tertiary/aromatic N) is 3. The molecule has 4 nitrogen and oxygen atoms in total. The summed E-state index contributed by atoms with van der Waals surface area (Å²) in [6.07, 6.45) is 3.37. The lowest BCUT2D eigenvalue weighted by molar-refractivity contribution is 0.714. The maximum atomic E-state index is 6.15. The lowest BCUT2D eigenvalue weighted by Gasteiger charge is -2.30. The molecule has 136 valence electrons. The molecule has 1 aromatic heterocycles. The normalized spacial score (nSPS) is 16.1. The second-order valence-electron chi connectivity index (χ2n) is 7.32. The Kier molecular flexibility index (Phi) is 4.21. The van der Waals surface area contributed by atoms with Crippen molar-refractivity contribution in [2.75, 3.05) is 16.8 Å². The lowest BCUT2D eigenvalue weighted by atomic mass is 10.00. The molecule has 2 heterocycles. The number of aromatic nitrogens is 2. The number of para-hydroxylation sites is 1. The van der Waals surface area contributed by atoms with Crippen LogP contribution in [0.1, 0.15) is 35.7 Å². The third-order valence-corrected chi connectivity index (χ3v) is 5.46. The van der Waals surface area contributed by atoms with Gasteiger partial charge in [0.2, 0.25) is 0 Å². The first kappa shape index (κ1) is 16.6. The molecule has 1 aliphatic heterocycles. The summed E-state index contributed by atoms with van der Waals surface area (Å²) in [6.45, 7) is 1.80. The van der Waals surface area contributed by atoms with E-state index in [1.807, 2.05) is 24.3 Å². The van der Waals surface area contributed by atoms with Crippen molar-refractivity contribution in [3.63, 3.8) is 0 Å². The highest BCUT2D eigenvalue weighted by Crippen LogP contribution is 2.39. The van der Waals surface area contributed by atoms with Crippen molar-refractivity contribution in [1.82, 2.24) is 9.97 Å². The maximum Gasteiger partial charge on any atom is 0.136 e. The third-order valence-electron chi connectivity index (χ3n) is 5.22. The van der Waals surface area contributed by atoms with E-state index in [0.717, 1.165) is 47.7 Å². The van der Waals surface area contributed by atoms with Gasteiger partial charge in [0.1, 0.15) is 17.5 Å². The Morgan fingerprint density at radius 3 is 2.63 bits per heavy atom. The first-order chi connectivity index (χ1) is 13.2. The second-order valence-corrected chi connectivity index (χ2v) is 7.76. The van der Waals surface area contributed by atoms with Gasteiger partial charge in [0.05, 0.1) is 0 Å². The average Bonchev–Trinajstić information content (AvgIpc) is 3.53. The largest absolute Gasteiger partial charge is 0.352 e. The standard InChI is InChI=1S/C22H21ClN4/c23-18-9-8-17-14-27(11-10-16(17)12-18)21-13-20(24-19-4-2-1-3-5-19)25-22(26-21)15-6-7-15/h1-5,8-9,12-13,15H,6-7,10-11,14H2,(H,24,25,26). The summed E-state index contributed by atoms with van der Waals surface area (Å²) >= 11 is 6.15. The Labute approximate surface area is 164 Å². The van der Waals surface area contributed by atoms with Gasteiger partial charge in [0, 0.05) is 35.8 Å². The van der Waals surface area contributed by atoms with Crippen LogP contribution in [-0.2, 0) is 13.0 Å². The molecule has 1 N–H and O–H groups in total. The van der Waals surface area contributed by atoms with Gasteiger partial charge < -0.3 is 10.2 Å². The zero-order valence-electron chi connectivity index (χ0n) is 15.0. The SMILES string of the molecule is Clc1ccc2c(c1)CCN(c1cc(Nc3ccccc3)nc(C3CC3)n1)C2. The number of nitrogens with one attached hydrogen (secondary N) is 1. The predicted molar refractivity (Wildman–Crippen MR) is 110 cm³/mol. The minimum Gasteiger partial charge on any atom is -0.352 e. The minimum absolute atomic E-state index is 0.511. The minimum atomic E-state index is 0.511. The molecule has 1 aliphatic carbocycles. The summed E-state index contributed by atoms with van der Waals surface area (Å²) in [5, 5.41) is 4.25. The van der Waals surface area contributed by atoms with Crippen molar-refractivity contribution in [3.05, 3.63) is 76.6 Å². The van der Waals surface area contributed by atoms with E-state index in [2.05, 4.69) is 40.5 Å². The molecule has 0 radical (unpaired) electrons. The number of benzene rings is 2. The van der Waals surface area contributed by atoms with E-state index in [-0.39, 0.29) is 0 Å². The zero-order valence-corrected chi connectivity index (χ0v) is 15.8. The molecule has 0 amide bonds. The van der Waals surface area contributed by atoms with Crippen molar-refractivity contribution in [2.24, 2.45) is 0 Å². The van der Waals surface area contributed by atoms with E-state index < -0.39 is 0 Å². The third kappa shape index (κ3) is 3.62. The molecule has 5 rings (SSSR count). The molecule has 1 saturated carbocycles. The Bertz CT molecular complexity index is 969. The van der Waals surface area contributed by atoms with E-state index in [1.165, 1.54) is 24.0 Å². The quantitative estimate of drug-likeness (QED) is 0.669. The Morgan fingerprint density at radius 2 is 1.81 bits per heavy atom. The van der Waals surface area contributed by atoms with Crippen molar-refractivity contribution in [2.45, 2.75) is 31.7 Å². The van der Waals surface area contributed by atoms with Gasteiger partial charge in [-0.15, -0.1) is 0 Å². The van der Waals surface area contributed by atoms with E-state index in [0.29, 0.717) is 5.92 Å². The highest BCUT2D eigenvalue weighted by Gasteiger charge is 2.28. The highest BCUT2D eigenvalue weighted by molar-refractivity contribution is 6.30. The van der Waals surface area contributed by atoms with E-state index >= 15 is 0 Å². The first-order valence-corrected chi connectivity index (χ1v) is 9.86. The lowest BCUT2D eigenvalue weighted by Crippen LogP contribution is -2.31. The number of hydrogen-bond acceptors (Lipinski definition) is 4. The van der Waals surface area contributed by atoms with Crippen LogP contribution in [0.3, 0.4) is 0 Å². The smallest absolute Gasteiger partial charge is 0.136 e. The molecular weight excluding hydrogens is 356 g/mol. The van der Waals surface area contributed by atoms with Gasteiger partial charge in [0.25, 0.3) is 0 Å². The molecule has 2 aromatic carbocycles. The van der Waals surface area contributed by atoms with Crippen LogP contribution in [0.4, 0.5) is 17.3 Å². The Balaban J connectivity index is 1.45. The molecule has 1 fully saturated rings. The molecule has 0 spiro atoms. The fourth-order valence-electron chi connectivity index (χ4n) is 3.59. The Morgan fingerprint density at radius 1 is 0.963 bits per heavy atom. The molecule has 3 aromatic rings. The number of fused-ring (bicyclic) bond motifs is 1. The van der Waals surface area contributed by atoms with Crippen LogP contribution in [0, 0.1) is 0 Å². The number of hydrogen-bond donors (Lipinski definition) is 1. The predicted octanol–water partition coefficient (Wildman–Crippen LogP) is 5.31. The molecule has 27 heavy (non-hydrogen) atoms. The van der Waals surface area contributed by atoms with Crippen LogP contribution in [-0.4, -0.2) is 16.5 Å². The van der Waals surface area contributed by atoms with Crippen molar-refractivity contribution in [1.29, 1.82) is 0 Å². The van der Waals surface area contributed by atoms with Gasteiger partial charge in [-0.2, -0.15) is 0 Å². The van der Waals surface area contributed by atoms with Gasteiger partial charge in [-0.3, -0.25) is 0 Å². The van der Waals surface area contributed by atoms with Crippen molar-refractivity contribution < 1.29 is 0 Å². The van der Waals surface area contributed by atoms with Crippen LogP contribution < -0.4 is 10.2 Å². The summed E-state index contributed by atoms with van der Waals surface area (Å²) in [4.78, 5) is 12.0. The van der Waals surface area contributed by atoms with Gasteiger partial charge in [-0.05, 0) is 54.7 Å². The fourth-order valence-corrected chi connectivity index (χ4v) is 3.78. The van der Waals surface area contributed by atoms with Crippen LogP contribution in [0.2, 0.25) is 5.02 Å². The number of halogens is 1. The van der Waals surface area contributed by atoms with Crippen LogP contribution in [0.15, 0.2) is 54.6 Å². The van der Waals surface area contributed by atoms with E-state index in [4.69, 9.17) is 21.6 Å². The monoisotopic (exact) mass is 376 g/mol. The highest BCUT2D eigenvalue weighted by atomic mass is 35.5. The topological polar surface area (TPSA) is 41.0 Å². The summed E-state index contributed by atoms with van der Waals surface area (Å²) in [5.74, 6) is 3.35. The number of anilines is 3. The molecule has 5 heteroatoms. The summed E-state index contributed by atoms with van der Waals surface area (Å²) in [5.41, 5.74) is 3.72. The zero-order chi connectivity index (χ0) is 18.2. The van der Waals surface area contributed by atoms with Crippen LogP contribution >= 0.6 is 11.6 Å². The molecule has 2 aliphatic rings. The maximum absolute atomic E-state index is 6.15. The van der Waals surface area contributed by atoms with Crippen LogP contribution in [0.5, 0.6) is 0 Å². The van der Waals surface area contributed by atoms with Gasteiger partial charge >= 0.3 is 0 Å². The fraction of sp³-hybridized carbons (Fsp3) is 0.273. The summed E-state index contributed by atoms with van der Waals surface area (Å²) in [7, 11) is 0. The van der Waals surface area contributed by atoms with Crippen LogP contribution in [0.25, 0.3) is 0 Å². The second kappa shape index (κ2) is 6.86. The van der Waals surface area contributed by atoms with E-state index in [1.54, 1.807) is 0 Å². The molecule has 0 saturated heterocycles. The van der Waals surface area contributed by atoms with Gasteiger partial charge in [0.15, 0.2) is 0 Å². The van der Waals surface area contributed by atoms with Gasteiger partial charge in [-0.25, -0.2) is 9.97 Å². The summed E-state index contributed by atoms with van der Waals surface area (Å²) in [6, 6.07) is 18.4.